The number of aromatic nitrogens is 2. The molecule has 0 radical (unpaired) electrons. The highest BCUT2D eigenvalue weighted by Gasteiger charge is 2.16. The second-order valence-corrected chi connectivity index (χ2v) is 3.26. The first-order valence-electron chi connectivity index (χ1n) is 4.22. The molecule has 2 rings (SSSR count). The van der Waals surface area contributed by atoms with Crippen molar-refractivity contribution >= 4 is 22.7 Å². The van der Waals surface area contributed by atoms with Crippen LogP contribution in [-0.2, 0) is 7.05 Å². The summed E-state index contributed by atoms with van der Waals surface area (Å²) < 4.78 is 1.54. The molecule has 0 fully saturated rings. The van der Waals surface area contributed by atoms with Crippen LogP contribution in [0.15, 0.2) is 17.2 Å². The Balaban J connectivity index is 3.02. The summed E-state index contributed by atoms with van der Waals surface area (Å²) in [5.74, 6) is -1.14. The molecule has 0 aliphatic carbocycles. The number of anilines is 1. The van der Waals surface area contributed by atoms with E-state index in [1.165, 1.54) is 12.4 Å². The fourth-order valence-electron chi connectivity index (χ4n) is 1.55. The molecule has 0 bridgehead atoms. The fraction of sp³-hybridized carbons (Fsp3) is 0.111. The van der Waals surface area contributed by atoms with Crippen LogP contribution in [0.5, 0.6) is 0 Å². The van der Waals surface area contributed by atoms with E-state index in [-0.39, 0.29) is 16.6 Å². The van der Waals surface area contributed by atoms with Gasteiger partial charge in [-0.25, -0.2) is 4.79 Å². The molecule has 0 atom stereocenters. The lowest BCUT2D eigenvalue weighted by Gasteiger charge is -1.96. The summed E-state index contributed by atoms with van der Waals surface area (Å²) in [7, 11) is 1.65. The maximum absolute atomic E-state index is 11.6. The second kappa shape index (κ2) is 2.88. The molecule has 78 valence electrons. The van der Waals surface area contributed by atoms with Gasteiger partial charge in [0.05, 0.1) is 16.6 Å². The van der Waals surface area contributed by atoms with E-state index in [4.69, 9.17) is 10.8 Å². The zero-order chi connectivity index (χ0) is 11.2. The van der Waals surface area contributed by atoms with Gasteiger partial charge in [0.1, 0.15) is 5.65 Å². The zero-order valence-corrected chi connectivity index (χ0v) is 7.94. The Morgan fingerprint density at radius 3 is 2.87 bits per heavy atom. The summed E-state index contributed by atoms with van der Waals surface area (Å²) in [6.45, 7) is 0. The smallest absolute Gasteiger partial charge is 0.338 e. The molecular weight excluding hydrogens is 198 g/mol. The minimum Gasteiger partial charge on any atom is -0.478 e. The Bertz CT molecular complexity index is 609. The number of pyridine rings is 1. The lowest BCUT2D eigenvalue weighted by atomic mass is 10.2. The predicted molar refractivity (Wildman–Crippen MR) is 54.9 cm³/mol. The molecule has 6 heteroatoms. The number of carboxylic acids is 1. The highest BCUT2D eigenvalue weighted by atomic mass is 16.4. The third kappa shape index (κ3) is 1.18. The number of aromatic carboxylic acids is 1. The van der Waals surface area contributed by atoms with E-state index in [9.17, 15) is 9.59 Å². The van der Waals surface area contributed by atoms with Crippen molar-refractivity contribution in [2.75, 3.05) is 5.73 Å². The number of hydrogen-bond acceptors (Lipinski definition) is 3. The molecule has 0 unspecified atom stereocenters. The van der Waals surface area contributed by atoms with Crippen molar-refractivity contribution in [3.63, 3.8) is 0 Å². The van der Waals surface area contributed by atoms with E-state index in [1.807, 2.05) is 0 Å². The van der Waals surface area contributed by atoms with E-state index in [2.05, 4.69) is 4.98 Å². The second-order valence-electron chi connectivity index (χ2n) is 3.26. The molecule has 4 N–H and O–H groups in total. The van der Waals surface area contributed by atoms with Gasteiger partial charge in [0.15, 0.2) is 0 Å². The quantitative estimate of drug-likeness (QED) is 0.619. The average molecular weight is 207 g/mol. The monoisotopic (exact) mass is 207 g/mol. The van der Waals surface area contributed by atoms with E-state index >= 15 is 0 Å². The molecule has 6 nitrogen and oxygen atoms in total. The number of H-pyrrole nitrogens is 1. The SMILES string of the molecule is Cn1cc(C(=O)O)c2c(=O)c(N)c[nH]c21. The van der Waals surface area contributed by atoms with Crippen molar-refractivity contribution in [1.29, 1.82) is 0 Å². The molecule has 0 saturated carbocycles. The van der Waals surface area contributed by atoms with Gasteiger partial charge in [-0.05, 0) is 0 Å². The first-order valence-corrected chi connectivity index (χ1v) is 4.22. The number of hydrogen-bond donors (Lipinski definition) is 3. The van der Waals surface area contributed by atoms with Crippen molar-refractivity contribution in [2.45, 2.75) is 0 Å². The number of nitrogens with two attached hydrogens (primary N) is 1. The van der Waals surface area contributed by atoms with Crippen molar-refractivity contribution in [1.82, 2.24) is 9.55 Å². The molecule has 2 aromatic heterocycles. The van der Waals surface area contributed by atoms with Crippen LogP contribution in [0.3, 0.4) is 0 Å². The zero-order valence-electron chi connectivity index (χ0n) is 7.94. The Kier molecular flexibility index (Phi) is 1.79. The summed E-state index contributed by atoms with van der Waals surface area (Å²) in [5, 5.41) is 9.02. The van der Waals surface area contributed by atoms with Crippen molar-refractivity contribution < 1.29 is 9.90 Å². The Hall–Kier alpha value is -2.24. The molecule has 0 aliphatic rings. The van der Waals surface area contributed by atoms with Gasteiger partial charge < -0.3 is 20.4 Å². The van der Waals surface area contributed by atoms with Crippen molar-refractivity contribution in [3.8, 4) is 0 Å². The maximum atomic E-state index is 11.6. The first kappa shape index (κ1) is 9.32. The maximum Gasteiger partial charge on any atom is 0.338 e. The lowest BCUT2D eigenvalue weighted by Crippen LogP contribution is -2.11. The first-order chi connectivity index (χ1) is 7.02. The van der Waals surface area contributed by atoms with Crippen LogP contribution in [0.4, 0.5) is 5.69 Å². The highest BCUT2D eigenvalue weighted by Crippen LogP contribution is 2.15. The molecular formula is C9H9N3O3. The summed E-state index contributed by atoms with van der Waals surface area (Å²) in [6.07, 6.45) is 2.74. The van der Waals surface area contributed by atoms with Crippen LogP contribution >= 0.6 is 0 Å². The summed E-state index contributed by atoms with van der Waals surface area (Å²) >= 11 is 0. The van der Waals surface area contributed by atoms with Crippen LogP contribution in [0.25, 0.3) is 11.0 Å². The molecule has 0 aromatic carbocycles. The van der Waals surface area contributed by atoms with E-state index in [0.29, 0.717) is 5.65 Å². The predicted octanol–water partition coefficient (Wildman–Crippen LogP) is 0.147. The minimum absolute atomic E-state index is 0.0104. The van der Waals surface area contributed by atoms with Gasteiger partial charge in [-0.2, -0.15) is 0 Å². The molecule has 0 amide bonds. The number of carboxylic acid groups (broad SMARTS) is 1. The van der Waals surface area contributed by atoms with E-state index in [0.717, 1.165) is 0 Å². The molecule has 0 spiro atoms. The number of rotatable bonds is 1. The standard InChI is InChI=1S/C9H9N3O3/c1-12-3-4(9(14)15)6-7(13)5(10)2-11-8(6)12/h2-3H,10H2,1H3,(H,11,13)(H,14,15). The van der Waals surface area contributed by atoms with Gasteiger partial charge in [0, 0.05) is 19.4 Å². The van der Waals surface area contributed by atoms with Crippen LogP contribution in [-0.4, -0.2) is 20.6 Å². The lowest BCUT2D eigenvalue weighted by molar-refractivity contribution is 0.0699. The third-order valence-corrected chi connectivity index (χ3v) is 2.27. The minimum atomic E-state index is -1.14. The number of nitrogens with zero attached hydrogens (tertiary/aromatic N) is 1. The number of nitrogen functional groups attached to an aromatic ring is 1. The normalized spacial score (nSPS) is 10.7. The summed E-state index contributed by atoms with van der Waals surface area (Å²) in [6, 6.07) is 0. The molecule has 2 aromatic rings. The van der Waals surface area contributed by atoms with Gasteiger partial charge in [-0.15, -0.1) is 0 Å². The van der Waals surface area contributed by atoms with Crippen LogP contribution < -0.4 is 11.2 Å². The van der Waals surface area contributed by atoms with Gasteiger partial charge in [0.25, 0.3) is 0 Å². The summed E-state index contributed by atoms with van der Waals surface area (Å²) in [5.41, 5.74) is 5.38. The topological polar surface area (TPSA) is 101 Å². The fourth-order valence-corrected chi connectivity index (χ4v) is 1.55. The van der Waals surface area contributed by atoms with Crippen LogP contribution in [0.2, 0.25) is 0 Å². The van der Waals surface area contributed by atoms with Crippen molar-refractivity contribution in [2.24, 2.45) is 7.05 Å². The Morgan fingerprint density at radius 1 is 1.60 bits per heavy atom. The molecule has 0 saturated heterocycles. The Morgan fingerprint density at radius 2 is 2.27 bits per heavy atom. The highest BCUT2D eigenvalue weighted by molar-refractivity contribution is 6.02. The average Bonchev–Trinajstić information content (AvgIpc) is 2.50. The number of nitrogens with one attached hydrogen (secondary N) is 1. The number of aryl methyl sites for hydroxylation is 1. The molecule has 15 heavy (non-hydrogen) atoms. The van der Waals surface area contributed by atoms with Gasteiger partial charge in [-0.1, -0.05) is 0 Å². The van der Waals surface area contributed by atoms with Crippen molar-refractivity contribution in [3.05, 3.63) is 28.2 Å². The largest absolute Gasteiger partial charge is 0.478 e. The number of fused-ring (bicyclic) bond motifs is 1. The van der Waals surface area contributed by atoms with Gasteiger partial charge in [0.2, 0.25) is 5.43 Å². The third-order valence-electron chi connectivity index (χ3n) is 2.27. The van der Waals surface area contributed by atoms with Crippen LogP contribution in [0, 0.1) is 0 Å². The van der Waals surface area contributed by atoms with Gasteiger partial charge >= 0.3 is 5.97 Å². The van der Waals surface area contributed by atoms with E-state index in [1.54, 1.807) is 11.6 Å². The van der Waals surface area contributed by atoms with Gasteiger partial charge in [-0.3, -0.25) is 4.79 Å². The Labute approximate surface area is 83.9 Å². The number of carbonyl (C=O) groups is 1. The van der Waals surface area contributed by atoms with Crippen LogP contribution in [0.1, 0.15) is 10.4 Å². The molecule has 0 aliphatic heterocycles. The summed E-state index contributed by atoms with van der Waals surface area (Å²) in [4.78, 5) is 25.3. The van der Waals surface area contributed by atoms with E-state index < -0.39 is 11.4 Å². The number of aromatic amines is 1. The molecule has 2 heterocycles.